The van der Waals surface area contributed by atoms with Crippen molar-refractivity contribution in [1.82, 2.24) is 5.32 Å². The summed E-state index contributed by atoms with van der Waals surface area (Å²) in [7, 11) is 0. The van der Waals surface area contributed by atoms with Crippen LogP contribution in [-0.4, -0.2) is 41.4 Å². The molecule has 1 radical (unpaired) electrons. The van der Waals surface area contributed by atoms with Gasteiger partial charge < -0.3 is 15.9 Å². The quantitative estimate of drug-likeness (QED) is 0.488. The van der Waals surface area contributed by atoms with Crippen molar-refractivity contribution in [2.75, 3.05) is 13.2 Å². The highest BCUT2D eigenvalue weighted by Gasteiger charge is 2.18. The molecule has 1 unspecified atom stereocenters. The van der Waals surface area contributed by atoms with E-state index in [0.717, 1.165) is 0 Å². The Bertz CT molecular complexity index is 161. The number of carbonyl (C=O) groups excluding carboxylic acids is 1. The van der Waals surface area contributed by atoms with Crippen LogP contribution in [0.25, 0.3) is 0 Å². The Balaban J connectivity index is 3.74. The van der Waals surface area contributed by atoms with Crippen LogP contribution in [0.15, 0.2) is 0 Å². The molecule has 0 bridgehead atoms. The number of amides is 1. The van der Waals surface area contributed by atoms with Gasteiger partial charge in [-0.2, -0.15) is 0 Å². The van der Waals surface area contributed by atoms with Gasteiger partial charge >= 0.3 is 0 Å². The maximum atomic E-state index is 11.1. The van der Waals surface area contributed by atoms with Crippen molar-refractivity contribution in [3.05, 3.63) is 0 Å². The van der Waals surface area contributed by atoms with Gasteiger partial charge in [0.15, 0.2) is 0 Å². The third kappa shape index (κ3) is 4.82. The molecule has 0 aliphatic rings. The molecule has 0 aromatic heterocycles. The smallest absolute Gasteiger partial charge is 0.258 e. The summed E-state index contributed by atoms with van der Waals surface area (Å²) in [6, 6.07) is -0.620. The highest BCUT2D eigenvalue weighted by Crippen LogP contribution is 1.98. The van der Waals surface area contributed by atoms with Crippen LogP contribution < -0.4 is 11.1 Å². The first-order valence-electron chi connectivity index (χ1n) is 4.24. The van der Waals surface area contributed by atoms with Crippen molar-refractivity contribution in [2.24, 2.45) is 11.7 Å². The van der Waals surface area contributed by atoms with Gasteiger partial charge in [0.2, 0.25) is 0 Å². The van der Waals surface area contributed by atoms with Crippen LogP contribution in [0, 0.1) is 5.92 Å². The van der Waals surface area contributed by atoms with E-state index in [0.29, 0.717) is 0 Å². The zero-order valence-electron chi connectivity index (χ0n) is 7.97. The lowest BCUT2D eigenvalue weighted by molar-refractivity contribution is -0.124. The van der Waals surface area contributed by atoms with E-state index in [1.54, 1.807) is 0 Å². The van der Waals surface area contributed by atoms with Gasteiger partial charge in [-0.3, -0.25) is 4.79 Å². The van der Waals surface area contributed by atoms with Gasteiger partial charge in [0.05, 0.1) is 25.3 Å². The summed E-state index contributed by atoms with van der Waals surface area (Å²) in [5.74, 6) is -0.398. The molecule has 13 heavy (non-hydrogen) atoms. The van der Waals surface area contributed by atoms with Crippen LogP contribution in [0.1, 0.15) is 13.8 Å². The minimum Gasteiger partial charge on any atom is -0.394 e. The summed E-state index contributed by atoms with van der Waals surface area (Å²) < 4.78 is 0. The van der Waals surface area contributed by atoms with Gasteiger partial charge in [0.1, 0.15) is 0 Å². The normalized spacial score (nSPS) is 15.5. The molecule has 0 spiro atoms. The zero-order chi connectivity index (χ0) is 10.4. The fourth-order valence-electron chi connectivity index (χ4n) is 0.644. The van der Waals surface area contributed by atoms with E-state index in [4.69, 9.17) is 15.9 Å². The lowest BCUT2D eigenvalue weighted by Gasteiger charge is -2.14. The van der Waals surface area contributed by atoms with Crippen LogP contribution in [0.3, 0.4) is 0 Å². The Labute approximate surface area is 77.9 Å². The number of aliphatic hydroxyl groups excluding tert-OH is 2. The van der Waals surface area contributed by atoms with E-state index < -0.39 is 24.7 Å². The second-order valence-corrected chi connectivity index (χ2v) is 3.29. The topological polar surface area (TPSA) is 97.7 Å². The zero-order valence-corrected chi connectivity index (χ0v) is 7.97. The summed E-state index contributed by atoms with van der Waals surface area (Å²) in [6.45, 7) is 3.16. The average Bonchev–Trinajstić information content (AvgIpc) is 2.11. The van der Waals surface area contributed by atoms with Crippen LogP contribution in [0.2, 0.25) is 0 Å². The first kappa shape index (κ1) is 12.3. The second kappa shape index (κ2) is 5.90. The van der Waals surface area contributed by atoms with Crippen LogP contribution in [0.5, 0.6) is 0 Å². The lowest BCUT2D eigenvalue weighted by atomic mass is 10.1. The van der Waals surface area contributed by atoms with Crippen molar-refractivity contribution >= 4 is 5.91 Å². The summed E-state index contributed by atoms with van der Waals surface area (Å²) in [5.41, 5.74) is 5.50. The lowest BCUT2D eigenvalue weighted by Crippen LogP contribution is -2.42. The van der Waals surface area contributed by atoms with E-state index in [-0.39, 0.29) is 12.5 Å². The van der Waals surface area contributed by atoms with Crippen molar-refractivity contribution in [3.8, 4) is 0 Å². The fraction of sp³-hybridized carbons (Fsp3) is 0.875. The van der Waals surface area contributed by atoms with Crippen LogP contribution in [0.4, 0.5) is 0 Å². The van der Waals surface area contributed by atoms with Gasteiger partial charge in [-0.05, 0) is 5.92 Å². The van der Waals surface area contributed by atoms with E-state index >= 15 is 0 Å². The average molecular weight is 189 g/mol. The molecule has 0 aromatic carbocycles. The molecule has 1 amide bonds. The largest absolute Gasteiger partial charge is 0.394 e. The minimum atomic E-state index is -0.969. The highest BCUT2D eigenvalue weighted by atomic mass is 16.3. The Morgan fingerprint density at radius 3 is 2.46 bits per heavy atom. The van der Waals surface area contributed by atoms with Gasteiger partial charge in [0, 0.05) is 0 Å². The third-order valence-electron chi connectivity index (χ3n) is 1.67. The number of aliphatic hydroxyl groups is 2. The minimum absolute atomic E-state index is 0.0301. The van der Waals surface area contributed by atoms with Gasteiger partial charge in [-0.1, -0.05) is 13.8 Å². The highest BCUT2D eigenvalue weighted by molar-refractivity contribution is 5.81. The molecule has 2 atom stereocenters. The number of nitrogens with zero attached hydrogens (tertiary/aromatic N) is 1. The number of rotatable bonds is 5. The monoisotopic (exact) mass is 189 g/mol. The number of nitrogens with two attached hydrogens (primary N) is 1. The van der Waals surface area contributed by atoms with Gasteiger partial charge in [-0.15, -0.1) is 0 Å². The molecule has 4 N–H and O–H groups in total. The summed E-state index contributed by atoms with van der Waals surface area (Å²) >= 11 is 0. The van der Waals surface area contributed by atoms with E-state index in [9.17, 15) is 4.79 Å². The Morgan fingerprint density at radius 2 is 2.08 bits per heavy atom. The first-order chi connectivity index (χ1) is 5.99. The molecule has 0 aliphatic heterocycles. The number of hydrogen-bond acceptors (Lipinski definition) is 4. The third-order valence-corrected chi connectivity index (χ3v) is 1.67. The molecule has 0 heterocycles. The van der Waals surface area contributed by atoms with Crippen molar-refractivity contribution in [2.45, 2.75) is 26.0 Å². The molecule has 0 aliphatic carbocycles. The summed E-state index contributed by atoms with van der Waals surface area (Å²) in [4.78, 5) is 11.1. The summed E-state index contributed by atoms with van der Waals surface area (Å²) in [5, 5.41) is 20.9. The first-order valence-corrected chi connectivity index (χ1v) is 4.24. The molecule has 5 heteroatoms. The predicted molar refractivity (Wildman–Crippen MR) is 47.9 cm³/mol. The molecule has 0 saturated carbocycles. The maximum absolute atomic E-state index is 11.1. The molecular weight excluding hydrogens is 172 g/mol. The molecular formula is C8H17N2O3. The molecule has 5 nitrogen and oxygen atoms in total. The number of carbonyl (C=O) groups is 1. The SMILES string of the molecule is CC(C)C(N)C(=O)[N]C[C@H](O)CO. The van der Waals surface area contributed by atoms with Crippen molar-refractivity contribution < 1.29 is 15.0 Å². The number of hydrogen-bond donors (Lipinski definition) is 3. The standard InChI is InChI=1S/C8H17N2O3/c1-5(2)7(9)8(13)10-3-6(12)4-11/h5-7,11-12H,3-4,9H2,1-2H3/t6-,7?/m0/s1. The van der Waals surface area contributed by atoms with Crippen LogP contribution >= 0.6 is 0 Å². The van der Waals surface area contributed by atoms with Crippen molar-refractivity contribution in [3.63, 3.8) is 0 Å². The van der Waals surface area contributed by atoms with E-state index in [1.165, 1.54) is 0 Å². The Morgan fingerprint density at radius 1 is 1.54 bits per heavy atom. The molecule has 0 aromatic rings. The molecule has 0 fully saturated rings. The molecule has 77 valence electrons. The molecule has 0 rings (SSSR count). The van der Waals surface area contributed by atoms with Gasteiger partial charge in [-0.25, -0.2) is 5.32 Å². The van der Waals surface area contributed by atoms with E-state index in [2.05, 4.69) is 5.32 Å². The second-order valence-electron chi connectivity index (χ2n) is 3.29. The fourth-order valence-corrected chi connectivity index (χ4v) is 0.644. The Hall–Kier alpha value is -0.650. The van der Waals surface area contributed by atoms with E-state index in [1.807, 2.05) is 13.8 Å². The van der Waals surface area contributed by atoms with Gasteiger partial charge in [0.25, 0.3) is 5.91 Å². The summed E-state index contributed by atoms with van der Waals surface area (Å²) in [6.07, 6.45) is -0.969. The maximum Gasteiger partial charge on any atom is 0.258 e. The Kier molecular flexibility index (Phi) is 5.61. The van der Waals surface area contributed by atoms with Crippen molar-refractivity contribution in [1.29, 1.82) is 0 Å². The van der Waals surface area contributed by atoms with Crippen LogP contribution in [-0.2, 0) is 4.79 Å². The predicted octanol–water partition coefficient (Wildman–Crippen LogP) is -1.55. The molecule has 0 saturated heterocycles.